The fraction of sp³-hybridized carbons (Fsp3) is 0.235. The summed E-state index contributed by atoms with van der Waals surface area (Å²) < 4.78 is 26.4. The molecule has 0 aromatic heterocycles. The molecule has 0 saturated heterocycles. The highest BCUT2D eigenvalue weighted by Gasteiger charge is 2.14. The molecule has 1 atom stereocenters. The predicted octanol–water partition coefficient (Wildman–Crippen LogP) is 3.38. The molecule has 0 aliphatic carbocycles. The number of aliphatic hydroxyl groups is 1. The summed E-state index contributed by atoms with van der Waals surface area (Å²) in [5.41, 5.74) is 1.64. The topological polar surface area (TPSA) is 61.4 Å². The van der Waals surface area contributed by atoms with E-state index in [9.17, 15) is 18.7 Å². The second kappa shape index (κ2) is 7.69. The first-order chi connectivity index (χ1) is 11.0. The van der Waals surface area contributed by atoms with Crippen LogP contribution in [0.4, 0.5) is 19.3 Å². The molecule has 2 rings (SSSR count). The maximum Gasteiger partial charge on any atom is 0.319 e. The Hall–Kier alpha value is -2.47. The van der Waals surface area contributed by atoms with Crippen LogP contribution in [0.5, 0.6) is 0 Å². The van der Waals surface area contributed by atoms with E-state index in [1.165, 1.54) is 0 Å². The number of urea groups is 1. The highest BCUT2D eigenvalue weighted by atomic mass is 19.1. The number of carbonyl (C=O) groups excluding carboxylic acids is 1. The van der Waals surface area contributed by atoms with E-state index in [4.69, 9.17) is 0 Å². The number of halogens is 2. The Labute approximate surface area is 133 Å². The van der Waals surface area contributed by atoms with Crippen molar-refractivity contribution in [1.29, 1.82) is 0 Å². The highest BCUT2D eigenvalue weighted by Crippen LogP contribution is 2.17. The van der Waals surface area contributed by atoms with Crippen LogP contribution >= 0.6 is 0 Å². The minimum atomic E-state index is -1.26. The summed E-state index contributed by atoms with van der Waals surface area (Å²) in [4.78, 5) is 11.8. The highest BCUT2D eigenvalue weighted by molar-refractivity contribution is 5.89. The molecule has 6 heteroatoms. The molecule has 1 unspecified atom stereocenters. The number of hydrogen-bond acceptors (Lipinski definition) is 2. The molecule has 0 bridgehead atoms. The summed E-state index contributed by atoms with van der Waals surface area (Å²) >= 11 is 0. The van der Waals surface area contributed by atoms with Gasteiger partial charge in [0.15, 0.2) is 0 Å². The van der Waals surface area contributed by atoms with E-state index in [2.05, 4.69) is 10.6 Å². The maximum atomic E-state index is 13.5. The van der Waals surface area contributed by atoms with Crippen LogP contribution < -0.4 is 10.6 Å². The average Bonchev–Trinajstić information content (AvgIpc) is 2.53. The SMILES string of the molecule is CCc1cccc(NC(=O)NCC(O)c2ccc(F)cc2F)c1. The Kier molecular flexibility index (Phi) is 5.65. The molecule has 0 aliphatic rings. The third-order valence-corrected chi connectivity index (χ3v) is 3.37. The van der Waals surface area contributed by atoms with Gasteiger partial charge in [-0.3, -0.25) is 0 Å². The van der Waals surface area contributed by atoms with Gasteiger partial charge in [0.1, 0.15) is 11.6 Å². The largest absolute Gasteiger partial charge is 0.386 e. The van der Waals surface area contributed by atoms with Crippen molar-refractivity contribution < 1.29 is 18.7 Å². The van der Waals surface area contributed by atoms with E-state index in [1.807, 2.05) is 25.1 Å². The lowest BCUT2D eigenvalue weighted by molar-refractivity contribution is 0.170. The van der Waals surface area contributed by atoms with Crippen molar-refractivity contribution in [3.8, 4) is 0 Å². The molecule has 23 heavy (non-hydrogen) atoms. The zero-order chi connectivity index (χ0) is 16.8. The van der Waals surface area contributed by atoms with Crippen LogP contribution in [-0.4, -0.2) is 17.7 Å². The lowest BCUT2D eigenvalue weighted by atomic mass is 10.1. The quantitative estimate of drug-likeness (QED) is 0.791. The minimum Gasteiger partial charge on any atom is -0.386 e. The van der Waals surface area contributed by atoms with Gasteiger partial charge < -0.3 is 15.7 Å². The zero-order valence-corrected chi connectivity index (χ0v) is 12.6. The van der Waals surface area contributed by atoms with Crippen molar-refractivity contribution >= 4 is 11.7 Å². The first-order valence-electron chi connectivity index (χ1n) is 7.26. The lowest BCUT2D eigenvalue weighted by Gasteiger charge is -2.14. The van der Waals surface area contributed by atoms with Gasteiger partial charge in [0, 0.05) is 23.9 Å². The molecular weight excluding hydrogens is 302 g/mol. The average molecular weight is 320 g/mol. The van der Waals surface area contributed by atoms with Crippen molar-refractivity contribution in [2.75, 3.05) is 11.9 Å². The Morgan fingerprint density at radius 1 is 1.22 bits per heavy atom. The van der Waals surface area contributed by atoms with Gasteiger partial charge in [-0.25, -0.2) is 13.6 Å². The Morgan fingerprint density at radius 3 is 2.70 bits per heavy atom. The molecule has 0 saturated carbocycles. The summed E-state index contributed by atoms with van der Waals surface area (Å²) in [5, 5.41) is 15.0. The number of nitrogens with one attached hydrogen (secondary N) is 2. The molecule has 0 heterocycles. The minimum absolute atomic E-state index is 0.0697. The molecule has 3 N–H and O–H groups in total. The standard InChI is InChI=1S/C17H18F2N2O2/c1-2-11-4-3-5-13(8-11)21-17(23)20-10-16(22)14-7-6-12(18)9-15(14)19/h3-9,16,22H,2,10H2,1H3,(H2,20,21,23). The monoisotopic (exact) mass is 320 g/mol. The van der Waals surface area contributed by atoms with Gasteiger partial charge in [-0.05, 0) is 30.2 Å². The van der Waals surface area contributed by atoms with Gasteiger partial charge in [0.05, 0.1) is 6.10 Å². The number of aliphatic hydroxyl groups excluding tert-OH is 1. The number of anilines is 1. The summed E-state index contributed by atoms with van der Waals surface area (Å²) in [6, 6.07) is 9.75. The van der Waals surface area contributed by atoms with Crippen molar-refractivity contribution in [2.24, 2.45) is 0 Å². The first kappa shape index (κ1) is 16.9. The molecule has 122 valence electrons. The second-order valence-electron chi connectivity index (χ2n) is 5.07. The summed E-state index contributed by atoms with van der Waals surface area (Å²) in [6.07, 6.45) is -0.414. The molecule has 0 aliphatic heterocycles. The molecule has 0 radical (unpaired) electrons. The number of rotatable bonds is 5. The smallest absolute Gasteiger partial charge is 0.319 e. The van der Waals surface area contributed by atoms with Crippen molar-refractivity contribution in [2.45, 2.75) is 19.4 Å². The van der Waals surface area contributed by atoms with Crippen LogP contribution in [-0.2, 0) is 6.42 Å². The van der Waals surface area contributed by atoms with Crippen molar-refractivity contribution in [1.82, 2.24) is 5.32 Å². The first-order valence-corrected chi connectivity index (χ1v) is 7.26. The molecular formula is C17H18F2N2O2. The van der Waals surface area contributed by atoms with E-state index < -0.39 is 23.8 Å². The van der Waals surface area contributed by atoms with Crippen LogP contribution in [0.25, 0.3) is 0 Å². The summed E-state index contributed by atoms with van der Waals surface area (Å²) in [7, 11) is 0. The van der Waals surface area contributed by atoms with Gasteiger partial charge in [-0.1, -0.05) is 25.1 Å². The Balaban J connectivity index is 1.90. The summed E-state index contributed by atoms with van der Waals surface area (Å²) in [6.45, 7) is 1.81. The molecule has 2 amide bonds. The van der Waals surface area contributed by atoms with E-state index in [0.717, 1.165) is 24.1 Å². The van der Waals surface area contributed by atoms with Crippen LogP contribution in [0.15, 0.2) is 42.5 Å². The molecule has 4 nitrogen and oxygen atoms in total. The number of amides is 2. The fourth-order valence-electron chi connectivity index (χ4n) is 2.12. The van der Waals surface area contributed by atoms with Crippen molar-refractivity contribution in [3.05, 3.63) is 65.2 Å². The third-order valence-electron chi connectivity index (χ3n) is 3.37. The van der Waals surface area contributed by atoms with Gasteiger partial charge in [0.2, 0.25) is 0 Å². The Morgan fingerprint density at radius 2 is 2.00 bits per heavy atom. The predicted molar refractivity (Wildman–Crippen MR) is 84.2 cm³/mol. The number of benzene rings is 2. The Bertz CT molecular complexity index is 692. The maximum absolute atomic E-state index is 13.5. The normalized spacial score (nSPS) is 11.8. The number of hydrogen-bond donors (Lipinski definition) is 3. The molecule has 2 aromatic rings. The number of aryl methyl sites for hydroxylation is 1. The van der Waals surface area contributed by atoms with Gasteiger partial charge >= 0.3 is 6.03 Å². The lowest BCUT2D eigenvalue weighted by Crippen LogP contribution is -2.32. The van der Waals surface area contributed by atoms with E-state index in [-0.39, 0.29) is 12.1 Å². The zero-order valence-electron chi connectivity index (χ0n) is 12.6. The van der Waals surface area contributed by atoms with Crippen LogP contribution in [0.3, 0.4) is 0 Å². The third kappa shape index (κ3) is 4.75. The van der Waals surface area contributed by atoms with E-state index in [0.29, 0.717) is 11.8 Å². The van der Waals surface area contributed by atoms with E-state index >= 15 is 0 Å². The van der Waals surface area contributed by atoms with E-state index in [1.54, 1.807) is 6.07 Å². The van der Waals surface area contributed by atoms with Crippen molar-refractivity contribution in [3.63, 3.8) is 0 Å². The van der Waals surface area contributed by atoms with Crippen LogP contribution in [0, 0.1) is 11.6 Å². The number of carbonyl (C=O) groups is 1. The molecule has 0 fully saturated rings. The van der Waals surface area contributed by atoms with Crippen LogP contribution in [0.1, 0.15) is 24.2 Å². The fourth-order valence-corrected chi connectivity index (χ4v) is 2.12. The molecule has 2 aromatic carbocycles. The summed E-state index contributed by atoms with van der Waals surface area (Å²) in [5.74, 6) is -1.57. The van der Waals surface area contributed by atoms with Gasteiger partial charge in [-0.2, -0.15) is 0 Å². The second-order valence-corrected chi connectivity index (χ2v) is 5.07. The van der Waals surface area contributed by atoms with Gasteiger partial charge in [0.25, 0.3) is 0 Å². The van der Waals surface area contributed by atoms with Crippen LogP contribution in [0.2, 0.25) is 0 Å². The van der Waals surface area contributed by atoms with Gasteiger partial charge in [-0.15, -0.1) is 0 Å². The molecule has 0 spiro atoms.